The maximum Gasteiger partial charge on any atom is 0.356 e. The molecule has 0 radical (unpaired) electrons. The number of carbonyl (C=O) groups excluding carboxylic acids is 1. The molecule has 6 nitrogen and oxygen atoms in total. The monoisotopic (exact) mass is 297 g/mol. The fourth-order valence-electron chi connectivity index (χ4n) is 2.30. The van der Waals surface area contributed by atoms with Crippen LogP contribution in [0.2, 0.25) is 5.02 Å². The van der Waals surface area contributed by atoms with E-state index in [2.05, 4.69) is 10.3 Å². The highest BCUT2D eigenvalue weighted by Gasteiger charge is 2.22. The van der Waals surface area contributed by atoms with Crippen LogP contribution in [0.25, 0.3) is 0 Å². The molecular formula is C13H16ClN3O3. The highest BCUT2D eigenvalue weighted by atomic mass is 35.5. The van der Waals surface area contributed by atoms with Crippen LogP contribution in [-0.4, -0.2) is 41.1 Å². The van der Waals surface area contributed by atoms with Crippen molar-refractivity contribution in [1.82, 2.24) is 10.3 Å². The first kappa shape index (κ1) is 14.6. The zero-order valence-corrected chi connectivity index (χ0v) is 11.9. The van der Waals surface area contributed by atoms with Crippen LogP contribution < -0.4 is 10.2 Å². The van der Waals surface area contributed by atoms with Gasteiger partial charge in [0.05, 0.1) is 5.02 Å². The van der Waals surface area contributed by atoms with Crippen LogP contribution in [0.4, 0.5) is 5.82 Å². The molecule has 2 rings (SSSR count). The van der Waals surface area contributed by atoms with Crippen LogP contribution >= 0.6 is 11.6 Å². The van der Waals surface area contributed by atoms with E-state index in [-0.39, 0.29) is 22.7 Å². The Hall–Kier alpha value is -1.82. The molecule has 0 aliphatic carbocycles. The minimum atomic E-state index is -1.13. The number of nitrogens with zero attached hydrogens (tertiary/aromatic N) is 2. The number of aromatic carboxylic acids is 1. The quantitative estimate of drug-likeness (QED) is 0.884. The molecule has 0 atom stereocenters. The van der Waals surface area contributed by atoms with E-state index in [0.717, 1.165) is 25.9 Å². The Morgan fingerprint density at radius 2 is 2.05 bits per heavy atom. The zero-order chi connectivity index (χ0) is 14.7. The first-order chi connectivity index (χ1) is 9.47. The minimum Gasteiger partial charge on any atom is -0.476 e. The van der Waals surface area contributed by atoms with Gasteiger partial charge in [-0.3, -0.25) is 4.79 Å². The summed E-state index contributed by atoms with van der Waals surface area (Å²) < 4.78 is 0. The Balaban J connectivity index is 2.05. The molecule has 1 aromatic heterocycles. The molecule has 0 spiro atoms. The summed E-state index contributed by atoms with van der Waals surface area (Å²) in [6.45, 7) is 2.95. The Kier molecular flexibility index (Phi) is 4.44. The molecule has 0 saturated carbocycles. The van der Waals surface area contributed by atoms with Gasteiger partial charge in [-0.2, -0.15) is 0 Å². The second-order valence-electron chi connectivity index (χ2n) is 4.77. The lowest BCUT2D eigenvalue weighted by Gasteiger charge is -2.33. The van der Waals surface area contributed by atoms with Gasteiger partial charge in [0.15, 0.2) is 5.69 Å². The zero-order valence-electron chi connectivity index (χ0n) is 11.1. The predicted molar refractivity (Wildman–Crippen MR) is 75.3 cm³/mol. The van der Waals surface area contributed by atoms with Gasteiger partial charge in [0, 0.05) is 26.1 Å². The number of hydrogen-bond acceptors (Lipinski definition) is 4. The normalized spacial score (nSPS) is 16.0. The van der Waals surface area contributed by atoms with Gasteiger partial charge in [-0.15, -0.1) is 0 Å². The minimum absolute atomic E-state index is 0.0266. The van der Waals surface area contributed by atoms with E-state index >= 15 is 0 Å². The van der Waals surface area contributed by atoms with Crippen molar-refractivity contribution in [2.24, 2.45) is 0 Å². The number of anilines is 1. The molecule has 1 amide bonds. The third-order valence-corrected chi connectivity index (χ3v) is 3.57. The Morgan fingerprint density at radius 3 is 2.60 bits per heavy atom. The third kappa shape index (κ3) is 3.39. The number of rotatable bonds is 3. The van der Waals surface area contributed by atoms with Gasteiger partial charge >= 0.3 is 5.97 Å². The van der Waals surface area contributed by atoms with Crippen molar-refractivity contribution in [3.8, 4) is 0 Å². The second-order valence-corrected chi connectivity index (χ2v) is 5.17. The van der Waals surface area contributed by atoms with Crippen LogP contribution in [0.15, 0.2) is 12.1 Å². The maximum absolute atomic E-state index is 11.0. The standard InChI is InChI=1S/C13H16ClN3O3/c1-8(18)15-9-4-6-17(7-5-9)11-3-2-10(14)12(16-11)13(19)20/h2-3,9H,4-7H2,1H3,(H,15,18)(H,19,20). The fraction of sp³-hybridized carbons (Fsp3) is 0.462. The van der Waals surface area contributed by atoms with Crippen molar-refractivity contribution in [2.45, 2.75) is 25.8 Å². The van der Waals surface area contributed by atoms with Gasteiger partial charge in [0.2, 0.25) is 5.91 Å². The summed E-state index contributed by atoms with van der Waals surface area (Å²) in [5, 5.41) is 12.0. The molecule has 0 aromatic carbocycles. The molecular weight excluding hydrogens is 282 g/mol. The number of amides is 1. The summed E-state index contributed by atoms with van der Waals surface area (Å²) in [6.07, 6.45) is 1.62. The van der Waals surface area contributed by atoms with E-state index in [1.165, 1.54) is 6.92 Å². The van der Waals surface area contributed by atoms with Gasteiger partial charge < -0.3 is 15.3 Å². The first-order valence-electron chi connectivity index (χ1n) is 6.39. The van der Waals surface area contributed by atoms with Crippen LogP contribution in [0.5, 0.6) is 0 Å². The third-order valence-electron chi connectivity index (χ3n) is 3.26. The fourth-order valence-corrected chi connectivity index (χ4v) is 2.48. The number of aromatic nitrogens is 1. The molecule has 1 fully saturated rings. The van der Waals surface area contributed by atoms with Gasteiger partial charge in [-0.25, -0.2) is 9.78 Å². The van der Waals surface area contributed by atoms with E-state index < -0.39 is 5.97 Å². The number of carbonyl (C=O) groups is 2. The lowest BCUT2D eigenvalue weighted by molar-refractivity contribution is -0.119. The van der Waals surface area contributed by atoms with Crippen molar-refractivity contribution in [3.05, 3.63) is 22.8 Å². The molecule has 108 valence electrons. The van der Waals surface area contributed by atoms with E-state index in [4.69, 9.17) is 16.7 Å². The molecule has 1 aliphatic rings. The molecule has 20 heavy (non-hydrogen) atoms. The van der Waals surface area contributed by atoms with E-state index in [0.29, 0.717) is 5.82 Å². The second kappa shape index (κ2) is 6.09. The van der Waals surface area contributed by atoms with Crippen molar-refractivity contribution in [3.63, 3.8) is 0 Å². The summed E-state index contributed by atoms with van der Waals surface area (Å²) >= 11 is 5.80. The van der Waals surface area contributed by atoms with Crippen LogP contribution in [0.3, 0.4) is 0 Å². The Bertz CT molecular complexity index is 528. The average Bonchev–Trinajstić information content (AvgIpc) is 2.39. The number of carboxylic acids is 1. The molecule has 0 unspecified atom stereocenters. The molecule has 1 saturated heterocycles. The molecule has 1 aromatic rings. The van der Waals surface area contributed by atoms with Crippen molar-refractivity contribution < 1.29 is 14.7 Å². The number of carboxylic acid groups (broad SMARTS) is 1. The Labute approximate surface area is 121 Å². The predicted octanol–water partition coefficient (Wildman–Crippen LogP) is 1.54. The number of piperidine rings is 1. The first-order valence-corrected chi connectivity index (χ1v) is 6.77. The molecule has 1 aliphatic heterocycles. The molecule has 7 heteroatoms. The summed E-state index contributed by atoms with van der Waals surface area (Å²) in [4.78, 5) is 28.1. The SMILES string of the molecule is CC(=O)NC1CCN(c2ccc(Cl)c(C(=O)O)n2)CC1. The van der Waals surface area contributed by atoms with E-state index in [1.807, 2.05) is 4.90 Å². The number of nitrogens with one attached hydrogen (secondary N) is 1. The summed E-state index contributed by atoms with van der Waals surface area (Å²) in [7, 11) is 0. The van der Waals surface area contributed by atoms with E-state index in [1.54, 1.807) is 12.1 Å². The van der Waals surface area contributed by atoms with Crippen molar-refractivity contribution >= 4 is 29.3 Å². The van der Waals surface area contributed by atoms with Crippen molar-refractivity contribution in [2.75, 3.05) is 18.0 Å². The largest absolute Gasteiger partial charge is 0.476 e. The maximum atomic E-state index is 11.0. The number of pyridine rings is 1. The Morgan fingerprint density at radius 1 is 1.40 bits per heavy atom. The summed E-state index contributed by atoms with van der Waals surface area (Å²) in [5.41, 5.74) is -0.131. The van der Waals surface area contributed by atoms with Gasteiger partial charge in [-0.1, -0.05) is 11.6 Å². The molecule has 2 N–H and O–H groups in total. The van der Waals surface area contributed by atoms with Gasteiger partial charge in [0.25, 0.3) is 0 Å². The van der Waals surface area contributed by atoms with Gasteiger partial charge in [-0.05, 0) is 25.0 Å². The average molecular weight is 298 g/mol. The van der Waals surface area contributed by atoms with Crippen LogP contribution in [-0.2, 0) is 4.79 Å². The lowest BCUT2D eigenvalue weighted by Crippen LogP contribution is -2.44. The molecule has 0 bridgehead atoms. The van der Waals surface area contributed by atoms with Gasteiger partial charge in [0.1, 0.15) is 5.82 Å². The number of halogens is 1. The topological polar surface area (TPSA) is 82.5 Å². The smallest absolute Gasteiger partial charge is 0.356 e. The lowest BCUT2D eigenvalue weighted by atomic mass is 10.1. The highest BCUT2D eigenvalue weighted by Crippen LogP contribution is 2.22. The van der Waals surface area contributed by atoms with Crippen LogP contribution in [0.1, 0.15) is 30.3 Å². The summed E-state index contributed by atoms with van der Waals surface area (Å²) in [5.74, 6) is -0.556. The van der Waals surface area contributed by atoms with E-state index in [9.17, 15) is 9.59 Å². The number of hydrogen-bond donors (Lipinski definition) is 2. The summed E-state index contributed by atoms with van der Waals surface area (Å²) in [6, 6.07) is 3.44. The molecule has 2 heterocycles. The van der Waals surface area contributed by atoms with Crippen molar-refractivity contribution in [1.29, 1.82) is 0 Å². The highest BCUT2D eigenvalue weighted by molar-refractivity contribution is 6.33. The van der Waals surface area contributed by atoms with Crippen LogP contribution in [0, 0.1) is 0 Å².